The Bertz CT molecular complexity index is 696. The number of nitrogens with one attached hydrogen (secondary N) is 2. The first-order valence-corrected chi connectivity index (χ1v) is 6.56. The smallest absolute Gasteiger partial charge is 0.337 e. The van der Waals surface area contributed by atoms with Gasteiger partial charge in [0.15, 0.2) is 0 Å². The van der Waals surface area contributed by atoms with Gasteiger partial charge in [0.2, 0.25) is 0 Å². The lowest BCUT2D eigenvalue weighted by atomic mass is 10.1. The van der Waals surface area contributed by atoms with Gasteiger partial charge in [0.05, 0.1) is 18.4 Å². The van der Waals surface area contributed by atoms with Crippen molar-refractivity contribution in [2.24, 2.45) is 0 Å². The number of benzene rings is 2. The Morgan fingerprint density at radius 1 is 1.05 bits per heavy atom. The first-order chi connectivity index (χ1) is 10.5. The van der Waals surface area contributed by atoms with E-state index in [2.05, 4.69) is 10.6 Å². The van der Waals surface area contributed by atoms with Gasteiger partial charge in [-0.05, 0) is 42.8 Å². The fourth-order valence-corrected chi connectivity index (χ4v) is 1.96. The highest BCUT2D eigenvalue weighted by atomic mass is 16.5. The largest absolute Gasteiger partial charge is 0.497 e. The van der Waals surface area contributed by atoms with E-state index in [1.807, 2.05) is 0 Å². The van der Waals surface area contributed by atoms with Gasteiger partial charge in [0, 0.05) is 5.69 Å². The summed E-state index contributed by atoms with van der Waals surface area (Å²) in [5.41, 5.74) is 1.57. The lowest BCUT2D eigenvalue weighted by molar-refractivity contribution is 0.0698. The van der Waals surface area contributed by atoms with Crippen LogP contribution < -0.4 is 15.4 Å². The Morgan fingerprint density at radius 2 is 1.73 bits per heavy atom. The van der Waals surface area contributed by atoms with Crippen LogP contribution in [0.4, 0.5) is 16.2 Å². The molecule has 0 aliphatic heterocycles. The number of hydrogen-bond donors (Lipinski definition) is 3. The van der Waals surface area contributed by atoms with Crippen molar-refractivity contribution in [1.82, 2.24) is 0 Å². The molecule has 0 saturated carbocycles. The molecule has 22 heavy (non-hydrogen) atoms. The maximum absolute atomic E-state index is 12.0. The minimum atomic E-state index is -1.09. The van der Waals surface area contributed by atoms with Crippen LogP contribution in [0.1, 0.15) is 15.9 Å². The summed E-state index contributed by atoms with van der Waals surface area (Å²) in [6.07, 6.45) is 0. The van der Waals surface area contributed by atoms with Crippen LogP contribution in [0.5, 0.6) is 5.75 Å². The molecule has 0 spiro atoms. The van der Waals surface area contributed by atoms with Crippen LogP contribution in [-0.4, -0.2) is 24.2 Å². The van der Waals surface area contributed by atoms with Crippen LogP contribution in [-0.2, 0) is 0 Å². The maximum Gasteiger partial charge on any atom is 0.337 e. The molecular weight excluding hydrogens is 284 g/mol. The van der Waals surface area contributed by atoms with Crippen LogP contribution in [0, 0.1) is 6.92 Å². The Kier molecular flexibility index (Phi) is 4.63. The lowest BCUT2D eigenvalue weighted by Crippen LogP contribution is -2.21. The maximum atomic E-state index is 12.0. The third-order valence-electron chi connectivity index (χ3n) is 3.09. The van der Waals surface area contributed by atoms with E-state index < -0.39 is 12.0 Å². The first kappa shape index (κ1) is 15.4. The number of methoxy groups -OCH3 is 1. The molecule has 3 N–H and O–H groups in total. The molecule has 6 heteroatoms. The molecule has 0 atom stereocenters. The van der Waals surface area contributed by atoms with Gasteiger partial charge in [0.1, 0.15) is 5.75 Å². The fraction of sp³-hybridized carbons (Fsp3) is 0.125. The minimum Gasteiger partial charge on any atom is -0.497 e. The summed E-state index contributed by atoms with van der Waals surface area (Å²) in [4.78, 5) is 23.2. The number of carbonyl (C=O) groups is 2. The van der Waals surface area contributed by atoms with Crippen molar-refractivity contribution in [3.8, 4) is 5.75 Å². The van der Waals surface area contributed by atoms with Crippen molar-refractivity contribution >= 4 is 23.4 Å². The number of hydrogen-bond acceptors (Lipinski definition) is 3. The van der Waals surface area contributed by atoms with Crippen molar-refractivity contribution in [1.29, 1.82) is 0 Å². The van der Waals surface area contributed by atoms with Crippen molar-refractivity contribution in [2.75, 3.05) is 17.7 Å². The highest BCUT2D eigenvalue weighted by molar-refractivity contribution is 6.05. The number of urea groups is 1. The highest BCUT2D eigenvalue weighted by Crippen LogP contribution is 2.21. The molecule has 2 aromatic rings. The SMILES string of the molecule is COc1ccc(NC(=O)Nc2c(C)cccc2C(=O)O)cc1. The fourth-order valence-electron chi connectivity index (χ4n) is 1.96. The minimum absolute atomic E-state index is 0.0462. The van der Waals surface area contributed by atoms with E-state index in [9.17, 15) is 9.59 Å². The number of aryl methyl sites for hydroxylation is 1. The standard InChI is InChI=1S/C16H16N2O4/c1-10-4-3-5-13(15(19)20)14(10)18-16(21)17-11-6-8-12(22-2)9-7-11/h3-9H,1-2H3,(H,19,20)(H2,17,18,21). The summed E-state index contributed by atoms with van der Waals surface area (Å²) < 4.78 is 5.03. The highest BCUT2D eigenvalue weighted by Gasteiger charge is 2.14. The van der Waals surface area contributed by atoms with E-state index in [4.69, 9.17) is 9.84 Å². The molecule has 0 aliphatic carbocycles. The van der Waals surface area contributed by atoms with E-state index >= 15 is 0 Å². The number of carbonyl (C=O) groups excluding carboxylic acids is 1. The van der Waals surface area contributed by atoms with Crippen LogP contribution >= 0.6 is 0 Å². The van der Waals surface area contributed by atoms with E-state index in [0.717, 1.165) is 0 Å². The molecule has 0 aromatic heterocycles. The van der Waals surface area contributed by atoms with Gasteiger partial charge < -0.3 is 20.5 Å². The molecule has 0 fully saturated rings. The number of carboxylic acid groups (broad SMARTS) is 1. The average molecular weight is 300 g/mol. The number of para-hydroxylation sites is 1. The van der Waals surface area contributed by atoms with E-state index in [-0.39, 0.29) is 11.3 Å². The normalized spacial score (nSPS) is 9.91. The summed E-state index contributed by atoms with van der Waals surface area (Å²) in [5.74, 6) is -0.415. The predicted octanol–water partition coefficient (Wildman–Crippen LogP) is 3.35. The second kappa shape index (κ2) is 6.62. The lowest BCUT2D eigenvalue weighted by Gasteiger charge is -2.12. The number of amides is 2. The van der Waals surface area contributed by atoms with Crippen LogP contribution in [0.15, 0.2) is 42.5 Å². The van der Waals surface area contributed by atoms with Gasteiger partial charge in [-0.1, -0.05) is 12.1 Å². The molecule has 2 rings (SSSR count). The van der Waals surface area contributed by atoms with Gasteiger partial charge >= 0.3 is 12.0 Å². The van der Waals surface area contributed by atoms with Gasteiger partial charge in [-0.15, -0.1) is 0 Å². The van der Waals surface area contributed by atoms with E-state index in [0.29, 0.717) is 17.0 Å². The molecule has 2 aromatic carbocycles. The Hall–Kier alpha value is -3.02. The van der Waals surface area contributed by atoms with Gasteiger partial charge in [-0.3, -0.25) is 0 Å². The van der Waals surface area contributed by atoms with Gasteiger partial charge in [0.25, 0.3) is 0 Å². The monoisotopic (exact) mass is 300 g/mol. The van der Waals surface area contributed by atoms with Gasteiger partial charge in [-0.2, -0.15) is 0 Å². The second-order valence-corrected chi connectivity index (χ2v) is 4.61. The molecule has 0 unspecified atom stereocenters. The summed E-state index contributed by atoms with van der Waals surface area (Å²) in [5, 5.41) is 14.4. The van der Waals surface area contributed by atoms with Crippen molar-refractivity contribution in [3.63, 3.8) is 0 Å². The molecule has 0 heterocycles. The Morgan fingerprint density at radius 3 is 2.32 bits per heavy atom. The van der Waals surface area contributed by atoms with Crippen molar-refractivity contribution in [2.45, 2.75) is 6.92 Å². The molecule has 0 radical (unpaired) electrons. The molecule has 2 amide bonds. The zero-order chi connectivity index (χ0) is 16.1. The zero-order valence-corrected chi connectivity index (χ0v) is 12.2. The second-order valence-electron chi connectivity index (χ2n) is 4.61. The van der Waals surface area contributed by atoms with Gasteiger partial charge in [-0.25, -0.2) is 9.59 Å². The average Bonchev–Trinajstić information content (AvgIpc) is 2.49. The molecule has 6 nitrogen and oxygen atoms in total. The quantitative estimate of drug-likeness (QED) is 0.808. The molecule has 0 bridgehead atoms. The van der Waals surface area contributed by atoms with Crippen molar-refractivity contribution in [3.05, 3.63) is 53.6 Å². The third-order valence-corrected chi connectivity index (χ3v) is 3.09. The van der Waals surface area contributed by atoms with E-state index in [1.165, 1.54) is 6.07 Å². The Labute approximate surface area is 127 Å². The molecule has 0 aliphatic rings. The van der Waals surface area contributed by atoms with Crippen LogP contribution in [0.25, 0.3) is 0 Å². The number of aromatic carboxylic acids is 1. The number of rotatable bonds is 4. The van der Waals surface area contributed by atoms with Crippen LogP contribution in [0.3, 0.4) is 0 Å². The third kappa shape index (κ3) is 3.54. The van der Waals surface area contributed by atoms with Crippen LogP contribution in [0.2, 0.25) is 0 Å². The first-order valence-electron chi connectivity index (χ1n) is 6.56. The van der Waals surface area contributed by atoms with Crippen molar-refractivity contribution < 1.29 is 19.4 Å². The summed E-state index contributed by atoms with van der Waals surface area (Å²) in [6.45, 7) is 1.73. The Balaban J connectivity index is 2.13. The topological polar surface area (TPSA) is 87.7 Å². The summed E-state index contributed by atoms with van der Waals surface area (Å²) >= 11 is 0. The summed E-state index contributed by atoms with van der Waals surface area (Å²) in [7, 11) is 1.56. The number of anilines is 2. The number of ether oxygens (including phenoxy) is 1. The molecule has 114 valence electrons. The predicted molar refractivity (Wildman–Crippen MR) is 83.8 cm³/mol. The molecule has 0 saturated heterocycles. The summed E-state index contributed by atoms with van der Waals surface area (Å²) in [6, 6.07) is 11.1. The molecular formula is C16H16N2O4. The number of carboxylic acids is 1. The zero-order valence-electron chi connectivity index (χ0n) is 12.2. The van der Waals surface area contributed by atoms with E-state index in [1.54, 1.807) is 50.4 Å².